The summed E-state index contributed by atoms with van der Waals surface area (Å²) >= 11 is 0. The molecule has 3 aromatic rings. The molecule has 2 heterocycles. The fraction of sp³-hybridized carbons (Fsp3) is 0.300. The number of guanidine groups is 1. The van der Waals surface area contributed by atoms with Gasteiger partial charge in [-0.1, -0.05) is 12.1 Å². The van der Waals surface area contributed by atoms with Crippen LogP contribution in [0.15, 0.2) is 47.5 Å². The van der Waals surface area contributed by atoms with Crippen LogP contribution >= 0.6 is 0 Å². The van der Waals surface area contributed by atoms with Crippen LogP contribution in [0.3, 0.4) is 0 Å². The number of halogens is 1. The molecule has 0 saturated carbocycles. The number of fused-ring (bicyclic) bond motifs is 1. The van der Waals surface area contributed by atoms with Crippen LogP contribution in [-0.4, -0.2) is 47.0 Å². The van der Waals surface area contributed by atoms with Crippen molar-refractivity contribution in [3.8, 4) is 0 Å². The summed E-state index contributed by atoms with van der Waals surface area (Å²) in [5.41, 5.74) is 10.4. The zero-order valence-electron chi connectivity index (χ0n) is 15.3. The number of piperazine rings is 1. The summed E-state index contributed by atoms with van der Waals surface area (Å²) in [5.74, 6) is 1.13. The fourth-order valence-corrected chi connectivity index (χ4v) is 3.40. The number of aromatic amines is 1. The summed E-state index contributed by atoms with van der Waals surface area (Å²) in [5, 5.41) is 0. The highest BCUT2D eigenvalue weighted by atomic mass is 19.1. The summed E-state index contributed by atoms with van der Waals surface area (Å²) < 4.78 is 13.1. The van der Waals surface area contributed by atoms with Crippen molar-refractivity contribution in [2.24, 2.45) is 10.7 Å². The Labute approximate surface area is 157 Å². The lowest BCUT2D eigenvalue weighted by Crippen LogP contribution is -2.51. The van der Waals surface area contributed by atoms with Crippen molar-refractivity contribution in [3.05, 3.63) is 59.7 Å². The molecular weight excluding hydrogens is 343 g/mol. The van der Waals surface area contributed by atoms with Crippen molar-refractivity contribution in [3.63, 3.8) is 0 Å². The molecule has 1 aliphatic heterocycles. The summed E-state index contributed by atoms with van der Waals surface area (Å²) in [4.78, 5) is 16.7. The van der Waals surface area contributed by atoms with Gasteiger partial charge >= 0.3 is 0 Å². The van der Waals surface area contributed by atoms with Crippen molar-refractivity contribution < 1.29 is 4.39 Å². The highest BCUT2D eigenvalue weighted by Crippen LogP contribution is 2.18. The maximum absolute atomic E-state index is 13.1. The van der Waals surface area contributed by atoms with E-state index in [0.29, 0.717) is 12.5 Å². The number of H-pyrrole nitrogens is 1. The first-order chi connectivity index (χ1) is 13.1. The topological polar surface area (TPSA) is 73.5 Å². The van der Waals surface area contributed by atoms with Crippen molar-refractivity contribution in [1.29, 1.82) is 0 Å². The van der Waals surface area contributed by atoms with Crippen molar-refractivity contribution in [1.82, 2.24) is 14.9 Å². The highest BCUT2D eigenvalue weighted by molar-refractivity contribution is 5.79. The number of aliphatic imine (C=N–C) groups is 1. The number of aromatic nitrogens is 2. The second-order valence-corrected chi connectivity index (χ2v) is 6.78. The van der Waals surface area contributed by atoms with Crippen LogP contribution in [0.25, 0.3) is 11.0 Å². The molecule has 1 saturated heterocycles. The third kappa shape index (κ3) is 3.72. The number of hydrogen-bond donors (Lipinski definition) is 2. The van der Waals surface area contributed by atoms with E-state index in [1.54, 1.807) is 0 Å². The first kappa shape index (κ1) is 17.3. The van der Waals surface area contributed by atoms with E-state index in [1.165, 1.54) is 12.1 Å². The van der Waals surface area contributed by atoms with Crippen LogP contribution in [-0.2, 0) is 6.54 Å². The lowest BCUT2D eigenvalue weighted by molar-refractivity contribution is 0.380. The highest BCUT2D eigenvalue weighted by Gasteiger charge is 2.18. The molecule has 140 valence electrons. The van der Waals surface area contributed by atoms with E-state index in [4.69, 9.17) is 5.73 Å². The number of para-hydroxylation sites is 1. The largest absolute Gasteiger partial charge is 0.370 e. The summed E-state index contributed by atoms with van der Waals surface area (Å²) in [6.07, 6.45) is 0. The normalized spacial score (nSPS) is 15.6. The predicted octanol–water partition coefficient (Wildman–Crippen LogP) is 2.65. The van der Waals surface area contributed by atoms with Crippen LogP contribution in [0, 0.1) is 12.7 Å². The molecule has 0 bridgehead atoms. The van der Waals surface area contributed by atoms with Crippen molar-refractivity contribution in [2.75, 3.05) is 31.1 Å². The van der Waals surface area contributed by atoms with Gasteiger partial charge in [0.05, 0.1) is 11.0 Å². The number of hydrogen-bond acceptors (Lipinski definition) is 3. The molecule has 27 heavy (non-hydrogen) atoms. The van der Waals surface area contributed by atoms with E-state index in [1.807, 2.05) is 37.3 Å². The standard InChI is InChI=1S/C20H23FN6/c1-14-3-2-4-17-19(14)25-18(24-17)13-23-20(22)27-11-9-26(10-12-27)16-7-5-15(21)6-8-16/h2-8H,9-13H2,1H3,(H2,22,23)(H,24,25). The molecule has 4 rings (SSSR count). The Hall–Kier alpha value is -3.09. The number of rotatable bonds is 3. The van der Waals surface area contributed by atoms with Gasteiger partial charge in [-0.25, -0.2) is 14.4 Å². The van der Waals surface area contributed by atoms with Gasteiger partial charge in [0.2, 0.25) is 0 Å². The molecule has 2 aromatic carbocycles. The number of nitrogens with one attached hydrogen (secondary N) is 1. The molecule has 1 fully saturated rings. The Morgan fingerprint density at radius 3 is 2.59 bits per heavy atom. The van der Waals surface area contributed by atoms with Crippen LogP contribution in [0.4, 0.5) is 10.1 Å². The van der Waals surface area contributed by atoms with Gasteiger partial charge in [-0.3, -0.25) is 0 Å². The number of anilines is 1. The Bertz CT molecular complexity index is 954. The minimum Gasteiger partial charge on any atom is -0.370 e. The van der Waals surface area contributed by atoms with Gasteiger partial charge in [0, 0.05) is 31.9 Å². The number of nitrogens with two attached hydrogens (primary N) is 1. The van der Waals surface area contributed by atoms with E-state index in [2.05, 4.69) is 24.8 Å². The lowest BCUT2D eigenvalue weighted by atomic mass is 10.2. The van der Waals surface area contributed by atoms with Gasteiger partial charge in [-0.2, -0.15) is 0 Å². The molecule has 3 N–H and O–H groups in total. The quantitative estimate of drug-likeness (QED) is 0.552. The molecule has 7 heteroatoms. The minimum atomic E-state index is -0.213. The molecule has 0 atom stereocenters. The van der Waals surface area contributed by atoms with Crippen LogP contribution in [0.5, 0.6) is 0 Å². The van der Waals surface area contributed by atoms with Crippen LogP contribution in [0.1, 0.15) is 11.4 Å². The summed E-state index contributed by atoms with van der Waals surface area (Å²) in [6.45, 7) is 5.69. The molecule has 0 unspecified atom stereocenters. The second-order valence-electron chi connectivity index (χ2n) is 6.78. The molecule has 0 amide bonds. The van der Waals surface area contributed by atoms with Gasteiger partial charge in [0.15, 0.2) is 5.96 Å². The molecule has 0 aliphatic carbocycles. The van der Waals surface area contributed by atoms with Gasteiger partial charge in [0.25, 0.3) is 0 Å². The van der Waals surface area contributed by atoms with E-state index >= 15 is 0 Å². The smallest absolute Gasteiger partial charge is 0.191 e. The van der Waals surface area contributed by atoms with E-state index in [0.717, 1.165) is 54.3 Å². The Morgan fingerprint density at radius 1 is 1.15 bits per heavy atom. The van der Waals surface area contributed by atoms with E-state index < -0.39 is 0 Å². The molecule has 1 aliphatic rings. The molecule has 0 radical (unpaired) electrons. The summed E-state index contributed by atoms with van der Waals surface area (Å²) in [7, 11) is 0. The maximum Gasteiger partial charge on any atom is 0.191 e. The van der Waals surface area contributed by atoms with Crippen LogP contribution in [0.2, 0.25) is 0 Å². The molecule has 0 spiro atoms. The Morgan fingerprint density at radius 2 is 1.89 bits per heavy atom. The summed E-state index contributed by atoms with van der Waals surface area (Å²) in [6, 6.07) is 12.7. The Kier molecular flexibility index (Phi) is 4.66. The second kappa shape index (κ2) is 7.26. The van der Waals surface area contributed by atoms with Gasteiger partial charge in [0.1, 0.15) is 18.2 Å². The first-order valence-corrected chi connectivity index (χ1v) is 9.10. The first-order valence-electron chi connectivity index (χ1n) is 9.10. The number of imidazole rings is 1. The average Bonchev–Trinajstić information content (AvgIpc) is 3.11. The zero-order valence-corrected chi connectivity index (χ0v) is 15.3. The maximum atomic E-state index is 13.1. The van der Waals surface area contributed by atoms with Crippen molar-refractivity contribution in [2.45, 2.75) is 13.5 Å². The van der Waals surface area contributed by atoms with Gasteiger partial charge < -0.3 is 20.5 Å². The minimum absolute atomic E-state index is 0.213. The van der Waals surface area contributed by atoms with E-state index in [9.17, 15) is 4.39 Å². The third-order valence-electron chi connectivity index (χ3n) is 4.95. The number of aryl methyl sites for hydroxylation is 1. The average molecular weight is 366 g/mol. The lowest BCUT2D eigenvalue weighted by Gasteiger charge is -2.36. The van der Waals surface area contributed by atoms with Crippen LogP contribution < -0.4 is 10.6 Å². The molecular formula is C20H23FN6. The third-order valence-corrected chi connectivity index (χ3v) is 4.95. The Balaban J connectivity index is 1.37. The van der Waals surface area contributed by atoms with Crippen molar-refractivity contribution >= 4 is 22.7 Å². The monoisotopic (exact) mass is 366 g/mol. The van der Waals surface area contributed by atoms with Gasteiger partial charge in [-0.15, -0.1) is 0 Å². The fourth-order valence-electron chi connectivity index (χ4n) is 3.40. The predicted molar refractivity (Wildman–Crippen MR) is 106 cm³/mol. The SMILES string of the molecule is Cc1cccc2[nH]c(CN=C(N)N3CCN(c4ccc(F)cc4)CC3)nc12. The molecule has 1 aromatic heterocycles. The number of nitrogens with zero attached hydrogens (tertiary/aromatic N) is 4. The van der Waals surface area contributed by atoms with Gasteiger partial charge in [-0.05, 0) is 42.8 Å². The van der Waals surface area contributed by atoms with E-state index in [-0.39, 0.29) is 5.82 Å². The number of benzene rings is 2. The molecule has 6 nitrogen and oxygen atoms in total. The zero-order chi connectivity index (χ0) is 18.8.